The molecule has 0 spiro atoms. The number of urea groups is 1. The molecule has 0 fully saturated rings. The van der Waals surface area contributed by atoms with Gasteiger partial charge in [-0.25, -0.2) is 9.59 Å². The molecule has 8 heteroatoms. The fourth-order valence-corrected chi connectivity index (χ4v) is 1.42. The molecule has 0 aromatic heterocycles. The second-order valence-corrected chi connectivity index (χ2v) is 3.86. The lowest BCUT2D eigenvalue weighted by Gasteiger charge is -2.07. The molecule has 102 valence electrons. The number of halogens is 1. The number of carboxylic acid groups (broad SMARTS) is 1. The van der Waals surface area contributed by atoms with Gasteiger partial charge in [-0.3, -0.25) is 10.1 Å². The van der Waals surface area contributed by atoms with Gasteiger partial charge in [0.15, 0.2) is 0 Å². The van der Waals surface area contributed by atoms with E-state index in [9.17, 15) is 14.4 Å². The molecule has 0 bridgehead atoms. The van der Waals surface area contributed by atoms with Crippen LogP contribution in [-0.4, -0.2) is 29.6 Å². The van der Waals surface area contributed by atoms with Gasteiger partial charge in [-0.1, -0.05) is 11.6 Å². The summed E-state index contributed by atoms with van der Waals surface area (Å²) < 4.78 is 5.17. The highest BCUT2D eigenvalue weighted by molar-refractivity contribution is 6.33. The Hall–Kier alpha value is -2.28. The Balaban J connectivity index is 2.54. The van der Waals surface area contributed by atoms with Gasteiger partial charge in [0.25, 0.3) is 0 Å². The number of rotatable bonds is 5. The Morgan fingerprint density at radius 3 is 2.63 bits per heavy atom. The summed E-state index contributed by atoms with van der Waals surface area (Å²) in [5.74, 6) is -1.50. The number of carbonyl (C=O) groups is 3. The Labute approximate surface area is 113 Å². The molecule has 0 aliphatic rings. The predicted molar refractivity (Wildman–Crippen MR) is 66.2 cm³/mol. The van der Waals surface area contributed by atoms with E-state index in [1.165, 1.54) is 18.2 Å². The molecule has 0 atom stereocenters. The summed E-state index contributed by atoms with van der Waals surface area (Å²) in [6, 6.07) is 3.16. The summed E-state index contributed by atoms with van der Waals surface area (Å²) in [6.45, 7) is -0.0280. The van der Waals surface area contributed by atoms with Crippen LogP contribution in [0.15, 0.2) is 18.2 Å². The minimum absolute atomic E-state index is 0.0280. The Morgan fingerprint density at radius 1 is 1.37 bits per heavy atom. The van der Waals surface area contributed by atoms with E-state index in [-0.39, 0.29) is 29.4 Å². The van der Waals surface area contributed by atoms with E-state index in [2.05, 4.69) is 0 Å². The third-order valence-electron chi connectivity index (χ3n) is 2.03. The van der Waals surface area contributed by atoms with Crippen molar-refractivity contribution in [1.29, 1.82) is 0 Å². The molecule has 0 unspecified atom stereocenters. The minimum Gasteiger partial charge on any atom is -0.493 e. The fraction of sp³-hybridized carbons (Fsp3) is 0.182. The van der Waals surface area contributed by atoms with Crippen molar-refractivity contribution >= 4 is 29.5 Å². The predicted octanol–water partition coefficient (Wildman–Crippen LogP) is 1.00. The van der Waals surface area contributed by atoms with Crippen LogP contribution in [0.1, 0.15) is 16.8 Å². The first-order chi connectivity index (χ1) is 8.90. The van der Waals surface area contributed by atoms with Crippen LogP contribution in [0.4, 0.5) is 4.79 Å². The number of ether oxygens (including phenoxy) is 1. The number of aromatic carboxylic acids is 1. The number of nitrogens with two attached hydrogens (primary N) is 1. The maximum atomic E-state index is 11.1. The summed E-state index contributed by atoms with van der Waals surface area (Å²) in [6.07, 6.45) is -0.0893. The summed E-state index contributed by atoms with van der Waals surface area (Å²) >= 11 is 5.68. The SMILES string of the molecule is NC(=O)NC(=O)CCOc1ccc(Cl)c(C(=O)O)c1. The maximum Gasteiger partial charge on any atom is 0.337 e. The molecule has 0 saturated carbocycles. The van der Waals surface area contributed by atoms with E-state index in [1.807, 2.05) is 5.32 Å². The van der Waals surface area contributed by atoms with Crippen molar-refractivity contribution in [2.24, 2.45) is 5.73 Å². The summed E-state index contributed by atoms with van der Waals surface area (Å²) in [5.41, 5.74) is 4.66. The molecule has 19 heavy (non-hydrogen) atoms. The molecule has 0 radical (unpaired) electrons. The van der Waals surface area contributed by atoms with Crippen LogP contribution < -0.4 is 15.8 Å². The summed E-state index contributed by atoms with van der Waals surface area (Å²) in [4.78, 5) is 32.3. The van der Waals surface area contributed by atoms with Gasteiger partial charge in [0, 0.05) is 0 Å². The van der Waals surface area contributed by atoms with E-state index in [1.54, 1.807) is 0 Å². The summed E-state index contributed by atoms with van der Waals surface area (Å²) in [7, 11) is 0. The molecule has 0 heterocycles. The number of imide groups is 1. The van der Waals surface area contributed by atoms with Crippen LogP contribution in [0.5, 0.6) is 5.75 Å². The van der Waals surface area contributed by atoms with Crippen molar-refractivity contribution in [1.82, 2.24) is 5.32 Å². The topological polar surface area (TPSA) is 119 Å². The van der Waals surface area contributed by atoms with Crippen LogP contribution in [0.2, 0.25) is 5.02 Å². The molecular weight excluding hydrogens is 276 g/mol. The lowest BCUT2D eigenvalue weighted by molar-refractivity contribution is -0.120. The highest BCUT2D eigenvalue weighted by Crippen LogP contribution is 2.22. The van der Waals surface area contributed by atoms with Crippen LogP contribution in [0, 0.1) is 0 Å². The smallest absolute Gasteiger partial charge is 0.337 e. The Morgan fingerprint density at radius 2 is 2.05 bits per heavy atom. The molecule has 1 rings (SSSR count). The molecule has 0 aliphatic carbocycles. The first-order valence-electron chi connectivity index (χ1n) is 5.15. The lowest BCUT2D eigenvalue weighted by atomic mass is 10.2. The first-order valence-corrected chi connectivity index (χ1v) is 5.53. The molecule has 3 amide bonds. The lowest BCUT2D eigenvalue weighted by Crippen LogP contribution is -2.35. The van der Waals surface area contributed by atoms with Gasteiger partial charge in [0.2, 0.25) is 5.91 Å². The van der Waals surface area contributed by atoms with E-state index < -0.39 is 17.9 Å². The third-order valence-corrected chi connectivity index (χ3v) is 2.36. The normalized spacial score (nSPS) is 9.74. The molecule has 7 nitrogen and oxygen atoms in total. The van der Waals surface area contributed by atoms with Crippen LogP contribution in [0.25, 0.3) is 0 Å². The number of benzene rings is 1. The minimum atomic E-state index is -1.18. The highest BCUT2D eigenvalue weighted by atomic mass is 35.5. The second-order valence-electron chi connectivity index (χ2n) is 3.46. The number of primary amides is 1. The molecule has 1 aromatic rings. The average Bonchev–Trinajstić information content (AvgIpc) is 2.30. The van der Waals surface area contributed by atoms with Gasteiger partial charge < -0.3 is 15.6 Å². The number of hydrogen-bond acceptors (Lipinski definition) is 4. The second kappa shape index (κ2) is 6.60. The molecule has 0 aliphatic heterocycles. The van der Waals surface area contributed by atoms with Gasteiger partial charge >= 0.3 is 12.0 Å². The standard InChI is InChI=1S/C11H11ClN2O5/c12-8-2-1-6(5-7(8)10(16)17)19-4-3-9(15)14-11(13)18/h1-2,5H,3-4H2,(H,16,17)(H3,13,14,15,18). The van der Waals surface area contributed by atoms with Crippen LogP contribution in [0.3, 0.4) is 0 Å². The quantitative estimate of drug-likeness (QED) is 0.746. The van der Waals surface area contributed by atoms with Crippen molar-refractivity contribution < 1.29 is 24.2 Å². The molecular formula is C11H11ClN2O5. The van der Waals surface area contributed by atoms with E-state index in [0.717, 1.165) is 0 Å². The van der Waals surface area contributed by atoms with Gasteiger partial charge in [-0.15, -0.1) is 0 Å². The van der Waals surface area contributed by atoms with E-state index in [4.69, 9.17) is 27.2 Å². The molecule has 4 N–H and O–H groups in total. The van der Waals surface area contributed by atoms with Crippen molar-refractivity contribution in [3.63, 3.8) is 0 Å². The van der Waals surface area contributed by atoms with E-state index >= 15 is 0 Å². The van der Waals surface area contributed by atoms with Crippen molar-refractivity contribution in [3.8, 4) is 5.75 Å². The first kappa shape index (κ1) is 14.8. The number of nitrogens with one attached hydrogen (secondary N) is 1. The molecule has 1 aromatic carbocycles. The maximum absolute atomic E-state index is 11.1. The number of hydrogen-bond donors (Lipinski definition) is 3. The highest BCUT2D eigenvalue weighted by Gasteiger charge is 2.10. The van der Waals surface area contributed by atoms with Gasteiger partial charge in [-0.2, -0.15) is 0 Å². The Kier molecular flexibility index (Phi) is 5.13. The number of carboxylic acids is 1. The third kappa shape index (κ3) is 4.84. The van der Waals surface area contributed by atoms with Crippen molar-refractivity contribution in [2.45, 2.75) is 6.42 Å². The number of carbonyl (C=O) groups excluding carboxylic acids is 2. The zero-order chi connectivity index (χ0) is 14.4. The van der Waals surface area contributed by atoms with Gasteiger partial charge in [0.1, 0.15) is 5.75 Å². The zero-order valence-electron chi connectivity index (χ0n) is 9.68. The van der Waals surface area contributed by atoms with Crippen LogP contribution in [-0.2, 0) is 4.79 Å². The van der Waals surface area contributed by atoms with Crippen LogP contribution >= 0.6 is 11.6 Å². The van der Waals surface area contributed by atoms with Gasteiger partial charge in [-0.05, 0) is 18.2 Å². The fourth-order valence-electron chi connectivity index (χ4n) is 1.22. The monoisotopic (exact) mass is 286 g/mol. The van der Waals surface area contributed by atoms with Gasteiger partial charge in [0.05, 0.1) is 23.6 Å². The average molecular weight is 287 g/mol. The summed E-state index contributed by atoms with van der Waals surface area (Å²) in [5, 5.41) is 10.8. The van der Waals surface area contributed by atoms with Crippen molar-refractivity contribution in [3.05, 3.63) is 28.8 Å². The zero-order valence-corrected chi connectivity index (χ0v) is 10.4. The Bertz CT molecular complexity index is 518. The largest absolute Gasteiger partial charge is 0.493 e. The number of amides is 3. The van der Waals surface area contributed by atoms with Crippen molar-refractivity contribution in [2.75, 3.05) is 6.61 Å². The van der Waals surface area contributed by atoms with E-state index in [0.29, 0.717) is 0 Å². The molecule has 0 saturated heterocycles.